The Bertz CT molecular complexity index is 520. The molecular weight excluding hydrogens is 214 g/mol. The predicted molar refractivity (Wildman–Crippen MR) is 67.3 cm³/mol. The Morgan fingerprint density at radius 3 is 3.12 bits per heavy atom. The van der Waals surface area contributed by atoms with Crippen molar-refractivity contribution in [1.82, 2.24) is 19.9 Å². The molecule has 17 heavy (non-hydrogen) atoms. The molecule has 0 bridgehead atoms. The van der Waals surface area contributed by atoms with E-state index in [-0.39, 0.29) is 0 Å². The highest BCUT2D eigenvalue weighted by atomic mass is 15.3. The van der Waals surface area contributed by atoms with E-state index in [1.807, 2.05) is 18.3 Å². The van der Waals surface area contributed by atoms with Crippen LogP contribution in [0.5, 0.6) is 0 Å². The summed E-state index contributed by atoms with van der Waals surface area (Å²) in [4.78, 5) is 7.00. The van der Waals surface area contributed by atoms with Crippen LogP contribution in [-0.2, 0) is 0 Å². The zero-order valence-electron chi connectivity index (χ0n) is 10.2. The monoisotopic (exact) mass is 231 g/mol. The number of nitrogens with one attached hydrogen (secondary N) is 1. The summed E-state index contributed by atoms with van der Waals surface area (Å²) in [5.74, 6) is 1.04. The van der Waals surface area contributed by atoms with E-state index in [9.17, 15) is 0 Å². The molecule has 0 saturated carbocycles. The molecule has 3 heterocycles. The molecule has 5 nitrogen and oxygen atoms in total. The third-order valence-electron chi connectivity index (χ3n) is 3.30. The van der Waals surface area contributed by atoms with E-state index in [2.05, 4.69) is 34.1 Å². The summed E-state index contributed by atoms with van der Waals surface area (Å²) in [5.41, 5.74) is 0.904. The first-order valence-corrected chi connectivity index (χ1v) is 6.04. The summed E-state index contributed by atoms with van der Waals surface area (Å²) in [6.45, 7) is 6.43. The molecule has 0 radical (unpaired) electrons. The Morgan fingerprint density at radius 2 is 2.24 bits per heavy atom. The normalized spacial score (nSPS) is 25.4. The number of hydrogen-bond donors (Lipinski definition) is 1. The number of hydrogen-bond acceptors (Lipinski definition) is 4. The van der Waals surface area contributed by atoms with Crippen molar-refractivity contribution in [3.63, 3.8) is 0 Å². The van der Waals surface area contributed by atoms with Crippen molar-refractivity contribution in [2.75, 3.05) is 18.0 Å². The van der Waals surface area contributed by atoms with Gasteiger partial charge in [-0.3, -0.25) is 0 Å². The van der Waals surface area contributed by atoms with Gasteiger partial charge in [0.1, 0.15) is 5.82 Å². The summed E-state index contributed by atoms with van der Waals surface area (Å²) in [6, 6.07) is 4.95. The van der Waals surface area contributed by atoms with Gasteiger partial charge in [0.05, 0.1) is 6.20 Å². The van der Waals surface area contributed by atoms with Crippen LogP contribution in [0.15, 0.2) is 24.5 Å². The van der Waals surface area contributed by atoms with Crippen molar-refractivity contribution in [2.45, 2.75) is 25.9 Å². The average molecular weight is 231 g/mol. The van der Waals surface area contributed by atoms with Crippen LogP contribution in [0.3, 0.4) is 0 Å². The third kappa shape index (κ3) is 1.86. The fraction of sp³-hybridized carbons (Fsp3) is 0.500. The predicted octanol–water partition coefficient (Wildman–Crippen LogP) is 0.916. The quantitative estimate of drug-likeness (QED) is 0.792. The molecule has 2 aromatic heterocycles. The molecule has 1 aliphatic rings. The molecule has 1 aliphatic heterocycles. The van der Waals surface area contributed by atoms with E-state index in [0.717, 1.165) is 24.6 Å². The largest absolute Gasteiger partial charge is 0.351 e. The first kappa shape index (κ1) is 10.5. The van der Waals surface area contributed by atoms with Crippen LogP contribution in [-0.4, -0.2) is 39.8 Å². The van der Waals surface area contributed by atoms with Crippen LogP contribution in [0, 0.1) is 0 Å². The lowest BCUT2D eigenvalue weighted by Crippen LogP contribution is -2.54. The minimum atomic E-state index is 0.476. The van der Waals surface area contributed by atoms with Gasteiger partial charge in [-0.15, -0.1) is 0 Å². The van der Waals surface area contributed by atoms with Gasteiger partial charge in [0.15, 0.2) is 5.65 Å². The summed E-state index contributed by atoms with van der Waals surface area (Å²) >= 11 is 0. The highest BCUT2D eigenvalue weighted by Crippen LogP contribution is 2.17. The number of rotatable bonds is 1. The minimum absolute atomic E-state index is 0.476. The highest BCUT2D eigenvalue weighted by Gasteiger charge is 2.23. The van der Waals surface area contributed by atoms with Crippen LogP contribution < -0.4 is 10.2 Å². The Balaban J connectivity index is 1.95. The molecule has 2 unspecified atom stereocenters. The smallest absolute Gasteiger partial charge is 0.157 e. The summed E-state index contributed by atoms with van der Waals surface area (Å²) in [5, 5.41) is 7.64. The molecule has 2 atom stereocenters. The maximum atomic E-state index is 4.64. The van der Waals surface area contributed by atoms with E-state index in [0.29, 0.717) is 12.1 Å². The second-order valence-corrected chi connectivity index (χ2v) is 4.73. The lowest BCUT2D eigenvalue weighted by molar-refractivity contribution is 0.422. The van der Waals surface area contributed by atoms with Crippen molar-refractivity contribution >= 4 is 11.5 Å². The van der Waals surface area contributed by atoms with Crippen molar-refractivity contribution in [3.8, 4) is 0 Å². The number of fused-ring (bicyclic) bond motifs is 1. The Hall–Kier alpha value is -1.62. The van der Waals surface area contributed by atoms with E-state index < -0.39 is 0 Å². The molecule has 1 fully saturated rings. The van der Waals surface area contributed by atoms with E-state index >= 15 is 0 Å². The second-order valence-electron chi connectivity index (χ2n) is 4.73. The molecule has 90 valence electrons. The minimum Gasteiger partial charge on any atom is -0.351 e. The van der Waals surface area contributed by atoms with E-state index in [1.165, 1.54) is 0 Å². The van der Waals surface area contributed by atoms with Gasteiger partial charge in [-0.05, 0) is 19.9 Å². The second kappa shape index (κ2) is 4.00. The maximum Gasteiger partial charge on any atom is 0.157 e. The molecule has 1 N–H and O–H groups in total. The molecule has 0 spiro atoms. The first-order chi connectivity index (χ1) is 8.24. The molecule has 5 heteroatoms. The fourth-order valence-electron chi connectivity index (χ4n) is 2.30. The lowest BCUT2D eigenvalue weighted by atomic mass is 10.1. The number of nitrogens with zero attached hydrogens (tertiary/aromatic N) is 4. The fourth-order valence-corrected chi connectivity index (χ4v) is 2.30. The van der Waals surface area contributed by atoms with Gasteiger partial charge in [0, 0.05) is 37.4 Å². The molecule has 1 saturated heterocycles. The van der Waals surface area contributed by atoms with Gasteiger partial charge < -0.3 is 10.2 Å². The van der Waals surface area contributed by atoms with E-state index in [1.54, 1.807) is 10.7 Å². The molecule has 0 aromatic carbocycles. The average Bonchev–Trinajstić information content (AvgIpc) is 2.79. The lowest BCUT2D eigenvalue weighted by Gasteiger charge is -2.38. The maximum absolute atomic E-state index is 4.64. The van der Waals surface area contributed by atoms with Crippen LogP contribution in [0.4, 0.5) is 5.82 Å². The molecule has 0 amide bonds. The van der Waals surface area contributed by atoms with Crippen molar-refractivity contribution < 1.29 is 0 Å². The number of anilines is 1. The standard InChI is InChI=1S/C12H17N5/c1-9-8-16(10(2)7-13-9)11-4-6-17-12(15-11)3-5-14-17/h3-6,9-10,13H,7-8H2,1-2H3. The zero-order chi connectivity index (χ0) is 11.8. The van der Waals surface area contributed by atoms with Gasteiger partial charge in [0.2, 0.25) is 0 Å². The SMILES string of the molecule is CC1CN(c2ccn3nccc3n2)C(C)CN1. The third-order valence-corrected chi connectivity index (χ3v) is 3.30. The van der Waals surface area contributed by atoms with Crippen molar-refractivity contribution in [3.05, 3.63) is 24.5 Å². The van der Waals surface area contributed by atoms with Gasteiger partial charge in [-0.25, -0.2) is 9.50 Å². The number of aromatic nitrogens is 3. The Labute approximate surface area is 100 Å². The Morgan fingerprint density at radius 1 is 1.35 bits per heavy atom. The van der Waals surface area contributed by atoms with Crippen LogP contribution in [0.1, 0.15) is 13.8 Å². The molecule has 2 aromatic rings. The van der Waals surface area contributed by atoms with Crippen molar-refractivity contribution in [1.29, 1.82) is 0 Å². The molecular formula is C12H17N5. The molecule has 0 aliphatic carbocycles. The number of piperazine rings is 1. The van der Waals surface area contributed by atoms with E-state index in [4.69, 9.17) is 0 Å². The van der Waals surface area contributed by atoms with Gasteiger partial charge in [-0.1, -0.05) is 0 Å². The highest BCUT2D eigenvalue weighted by molar-refractivity contribution is 5.48. The van der Waals surface area contributed by atoms with Gasteiger partial charge in [0.25, 0.3) is 0 Å². The molecule has 3 rings (SSSR count). The van der Waals surface area contributed by atoms with Crippen LogP contribution >= 0.6 is 0 Å². The first-order valence-electron chi connectivity index (χ1n) is 6.04. The Kier molecular flexibility index (Phi) is 2.48. The van der Waals surface area contributed by atoms with Crippen LogP contribution in [0.25, 0.3) is 5.65 Å². The van der Waals surface area contributed by atoms with Crippen LogP contribution in [0.2, 0.25) is 0 Å². The summed E-state index contributed by atoms with van der Waals surface area (Å²) in [7, 11) is 0. The topological polar surface area (TPSA) is 45.5 Å². The summed E-state index contributed by atoms with van der Waals surface area (Å²) < 4.78 is 1.79. The van der Waals surface area contributed by atoms with Gasteiger partial charge >= 0.3 is 0 Å². The van der Waals surface area contributed by atoms with Crippen molar-refractivity contribution in [2.24, 2.45) is 0 Å². The zero-order valence-corrected chi connectivity index (χ0v) is 10.2. The summed E-state index contributed by atoms with van der Waals surface area (Å²) in [6.07, 6.45) is 3.74. The van der Waals surface area contributed by atoms with Gasteiger partial charge in [-0.2, -0.15) is 5.10 Å².